The smallest absolute Gasteiger partial charge is 0.293 e. The van der Waals surface area contributed by atoms with Gasteiger partial charge in [-0.05, 0) is 6.07 Å². The minimum absolute atomic E-state index is 0.0905. The quantitative estimate of drug-likeness (QED) is 0.423. The summed E-state index contributed by atoms with van der Waals surface area (Å²) in [5.74, 6) is 2.47. The van der Waals surface area contributed by atoms with Crippen molar-refractivity contribution in [3.8, 4) is 12.3 Å². The lowest BCUT2D eigenvalue weighted by Crippen LogP contribution is -1.97. The molecule has 1 heterocycles. The molecule has 1 aromatic carbocycles. The van der Waals surface area contributed by atoms with E-state index in [-0.39, 0.29) is 5.69 Å². The Kier molecular flexibility index (Phi) is 2.14. The summed E-state index contributed by atoms with van der Waals surface area (Å²) in [5, 5.41) is 11.6. The second-order valence-corrected chi connectivity index (χ2v) is 3.12. The number of hydrogen-bond acceptors (Lipinski definition) is 2. The zero-order valence-electron chi connectivity index (χ0n) is 7.88. The largest absolute Gasteiger partial charge is 0.330 e. The molecule has 15 heavy (non-hydrogen) atoms. The summed E-state index contributed by atoms with van der Waals surface area (Å²) in [4.78, 5) is 10.4. The van der Waals surface area contributed by atoms with E-state index in [0.29, 0.717) is 12.1 Å². The number of terminal acetylenes is 1. The molecule has 0 bridgehead atoms. The van der Waals surface area contributed by atoms with Crippen LogP contribution in [0.4, 0.5) is 5.69 Å². The summed E-state index contributed by atoms with van der Waals surface area (Å²) in [6.07, 6.45) is 6.96. The molecule has 0 unspecified atom stereocenters. The van der Waals surface area contributed by atoms with Crippen molar-refractivity contribution in [2.45, 2.75) is 6.54 Å². The van der Waals surface area contributed by atoms with Gasteiger partial charge < -0.3 is 4.57 Å². The van der Waals surface area contributed by atoms with Crippen LogP contribution in [-0.2, 0) is 6.54 Å². The van der Waals surface area contributed by atoms with Gasteiger partial charge in [0.1, 0.15) is 5.52 Å². The van der Waals surface area contributed by atoms with Gasteiger partial charge in [-0.25, -0.2) is 0 Å². The molecule has 2 aromatic rings. The molecule has 0 aliphatic rings. The van der Waals surface area contributed by atoms with Crippen LogP contribution in [0.15, 0.2) is 30.5 Å². The Bertz CT molecular complexity index is 563. The van der Waals surface area contributed by atoms with Crippen LogP contribution < -0.4 is 0 Å². The van der Waals surface area contributed by atoms with E-state index in [2.05, 4.69) is 5.92 Å². The van der Waals surface area contributed by atoms with Crippen molar-refractivity contribution >= 4 is 16.6 Å². The standard InChI is InChI=1S/C11H8N2O2/c1-2-7-12-8-6-9-4-3-5-10(11(9)12)13(14)15/h1,3-6,8H,7H2. The first-order chi connectivity index (χ1) is 7.24. The molecular formula is C11H8N2O2. The van der Waals surface area contributed by atoms with Crippen LogP contribution in [0.3, 0.4) is 0 Å². The number of rotatable bonds is 2. The van der Waals surface area contributed by atoms with Gasteiger partial charge in [0.2, 0.25) is 0 Å². The molecular weight excluding hydrogens is 192 g/mol. The highest BCUT2D eigenvalue weighted by atomic mass is 16.6. The van der Waals surface area contributed by atoms with Crippen molar-refractivity contribution in [3.05, 3.63) is 40.6 Å². The first-order valence-corrected chi connectivity index (χ1v) is 4.40. The molecule has 1 aromatic heterocycles. The lowest BCUT2D eigenvalue weighted by Gasteiger charge is -2.00. The predicted molar refractivity (Wildman–Crippen MR) is 57.4 cm³/mol. The Morgan fingerprint density at radius 1 is 1.47 bits per heavy atom. The van der Waals surface area contributed by atoms with E-state index in [4.69, 9.17) is 6.42 Å². The second-order valence-electron chi connectivity index (χ2n) is 3.12. The molecule has 0 saturated carbocycles. The molecule has 2 rings (SSSR count). The highest BCUT2D eigenvalue weighted by Crippen LogP contribution is 2.25. The number of nitro benzene ring substituents is 1. The third-order valence-corrected chi connectivity index (χ3v) is 2.23. The number of non-ortho nitro benzene ring substituents is 1. The summed E-state index contributed by atoms with van der Waals surface area (Å²) in [6, 6.07) is 6.80. The van der Waals surface area contributed by atoms with E-state index >= 15 is 0 Å². The number of benzene rings is 1. The van der Waals surface area contributed by atoms with Gasteiger partial charge in [0.05, 0.1) is 11.5 Å². The van der Waals surface area contributed by atoms with Gasteiger partial charge in [-0.3, -0.25) is 10.1 Å². The Morgan fingerprint density at radius 3 is 2.93 bits per heavy atom. The predicted octanol–water partition coefficient (Wildman–Crippen LogP) is 2.18. The molecule has 0 saturated heterocycles. The van der Waals surface area contributed by atoms with Crippen molar-refractivity contribution < 1.29 is 4.92 Å². The van der Waals surface area contributed by atoms with Gasteiger partial charge >= 0.3 is 0 Å². The molecule has 4 nitrogen and oxygen atoms in total. The molecule has 4 heteroatoms. The number of hydrogen-bond donors (Lipinski definition) is 0. The van der Waals surface area contributed by atoms with Crippen LogP contribution in [0, 0.1) is 22.5 Å². The van der Waals surface area contributed by atoms with Crippen molar-refractivity contribution in [3.63, 3.8) is 0 Å². The molecule has 0 atom stereocenters. The minimum Gasteiger partial charge on any atom is -0.330 e. The number of aromatic nitrogens is 1. The molecule has 0 amide bonds. The first-order valence-electron chi connectivity index (χ1n) is 4.40. The van der Waals surface area contributed by atoms with Gasteiger partial charge in [-0.2, -0.15) is 0 Å². The molecule has 0 N–H and O–H groups in total. The zero-order chi connectivity index (χ0) is 10.8. The van der Waals surface area contributed by atoms with Gasteiger partial charge in [0, 0.05) is 17.6 Å². The third-order valence-electron chi connectivity index (χ3n) is 2.23. The van der Waals surface area contributed by atoms with E-state index < -0.39 is 4.92 Å². The van der Waals surface area contributed by atoms with Crippen molar-refractivity contribution in [1.29, 1.82) is 0 Å². The molecule has 0 spiro atoms. The average molecular weight is 200 g/mol. The summed E-state index contributed by atoms with van der Waals surface area (Å²) >= 11 is 0. The van der Waals surface area contributed by atoms with E-state index in [1.807, 2.05) is 12.1 Å². The molecule has 0 radical (unpaired) electrons. The topological polar surface area (TPSA) is 48.1 Å². The zero-order valence-corrected chi connectivity index (χ0v) is 7.88. The second kappa shape index (κ2) is 3.46. The van der Waals surface area contributed by atoms with Gasteiger partial charge in [0.25, 0.3) is 5.69 Å². The Hall–Kier alpha value is -2.28. The average Bonchev–Trinajstić information content (AvgIpc) is 2.62. The number of nitrogens with zero attached hydrogens (tertiary/aromatic N) is 2. The Labute approximate surface area is 86.3 Å². The maximum Gasteiger partial charge on any atom is 0.293 e. The lowest BCUT2D eigenvalue weighted by atomic mass is 10.2. The van der Waals surface area contributed by atoms with E-state index in [0.717, 1.165) is 5.39 Å². The van der Waals surface area contributed by atoms with Crippen LogP contribution in [0.1, 0.15) is 0 Å². The van der Waals surface area contributed by atoms with Crippen LogP contribution in [0.25, 0.3) is 10.9 Å². The highest BCUT2D eigenvalue weighted by molar-refractivity contribution is 5.88. The molecule has 0 fully saturated rings. The van der Waals surface area contributed by atoms with Crippen LogP contribution >= 0.6 is 0 Å². The lowest BCUT2D eigenvalue weighted by molar-refractivity contribution is -0.383. The SMILES string of the molecule is C#CCn1ccc2cccc([N+](=O)[O-])c21. The monoisotopic (exact) mass is 200 g/mol. The Morgan fingerprint density at radius 2 is 2.27 bits per heavy atom. The van der Waals surface area contributed by atoms with E-state index in [9.17, 15) is 10.1 Å². The minimum atomic E-state index is -0.394. The maximum absolute atomic E-state index is 10.8. The number of para-hydroxylation sites is 1. The molecule has 0 aliphatic carbocycles. The third kappa shape index (κ3) is 1.44. The van der Waals surface area contributed by atoms with Crippen molar-refractivity contribution in [2.24, 2.45) is 0 Å². The maximum atomic E-state index is 10.8. The molecule has 0 aliphatic heterocycles. The van der Waals surface area contributed by atoms with Crippen LogP contribution in [0.5, 0.6) is 0 Å². The number of nitro groups is 1. The van der Waals surface area contributed by atoms with Crippen LogP contribution in [-0.4, -0.2) is 9.49 Å². The van der Waals surface area contributed by atoms with Crippen molar-refractivity contribution in [2.75, 3.05) is 0 Å². The van der Waals surface area contributed by atoms with E-state index in [1.54, 1.807) is 16.8 Å². The fourth-order valence-electron chi connectivity index (χ4n) is 1.62. The summed E-state index contributed by atoms with van der Waals surface area (Å²) < 4.78 is 1.70. The Balaban J connectivity index is 2.76. The van der Waals surface area contributed by atoms with Gasteiger partial charge in [-0.1, -0.05) is 18.1 Å². The first kappa shape index (κ1) is 9.28. The van der Waals surface area contributed by atoms with Crippen molar-refractivity contribution in [1.82, 2.24) is 4.57 Å². The normalized spacial score (nSPS) is 10.1. The van der Waals surface area contributed by atoms with Gasteiger partial charge in [0.15, 0.2) is 0 Å². The van der Waals surface area contributed by atoms with Crippen LogP contribution in [0.2, 0.25) is 0 Å². The fraction of sp³-hybridized carbons (Fsp3) is 0.0909. The fourth-order valence-corrected chi connectivity index (χ4v) is 1.62. The summed E-state index contributed by atoms with van der Waals surface area (Å²) in [6.45, 7) is 0.342. The van der Waals surface area contributed by atoms with E-state index in [1.165, 1.54) is 6.07 Å². The molecule has 74 valence electrons. The summed E-state index contributed by atoms with van der Waals surface area (Å²) in [5.41, 5.74) is 0.674. The van der Waals surface area contributed by atoms with Gasteiger partial charge in [-0.15, -0.1) is 6.42 Å². The highest BCUT2D eigenvalue weighted by Gasteiger charge is 2.14. The number of fused-ring (bicyclic) bond motifs is 1. The summed E-state index contributed by atoms with van der Waals surface area (Å²) in [7, 11) is 0.